The number of fused-ring (bicyclic) bond motifs is 2. The third kappa shape index (κ3) is 2.34. The highest BCUT2D eigenvalue weighted by atomic mass is 32.2. The van der Waals surface area contributed by atoms with Gasteiger partial charge in [-0.3, -0.25) is 13.9 Å². The second kappa shape index (κ2) is 4.81. The Balaban J connectivity index is 1.73. The zero-order valence-electron chi connectivity index (χ0n) is 10.3. The number of Topliss-reactive ketones (excluding diaryl/α,β-unsaturated/α-hetero) is 1. The summed E-state index contributed by atoms with van der Waals surface area (Å²) in [6, 6.07) is 1.62. The van der Waals surface area contributed by atoms with Gasteiger partial charge < -0.3 is 0 Å². The molecule has 0 saturated carbocycles. The van der Waals surface area contributed by atoms with Gasteiger partial charge in [-0.25, -0.2) is 0 Å². The van der Waals surface area contributed by atoms with E-state index in [1.165, 1.54) is 19.3 Å². The van der Waals surface area contributed by atoms with Crippen molar-refractivity contribution in [3.8, 4) is 0 Å². The summed E-state index contributed by atoms with van der Waals surface area (Å²) in [6.45, 7) is 0. The minimum Gasteiger partial charge on any atom is -0.300 e. The molecule has 0 amide bonds. The molecule has 3 nitrogen and oxygen atoms in total. The van der Waals surface area contributed by atoms with Crippen molar-refractivity contribution >= 4 is 16.6 Å². The largest absolute Gasteiger partial charge is 0.300 e. The Kier molecular flexibility index (Phi) is 3.35. The summed E-state index contributed by atoms with van der Waals surface area (Å²) in [4.78, 5) is 14.3. The number of carbonyl (C=O) groups is 1. The van der Waals surface area contributed by atoms with E-state index in [0.717, 1.165) is 37.2 Å². The van der Waals surface area contributed by atoms with Crippen LogP contribution in [0.5, 0.6) is 0 Å². The van der Waals surface area contributed by atoms with Gasteiger partial charge in [-0.2, -0.15) is 0 Å². The van der Waals surface area contributed by atoms with E-state index in [2.05, 4.69) is 4.90 Å². The van der Waals surface area contributed by atoms with Crippen LogP contribution < -0.4 is 0 Å². The second-order valence-corrected chi connectivity index (χ2v) is 7.41. The first-order chi connectivity index (χ1) is 8.24. The van der Waals surface area contributed by atoms with Crippen molar-refractivity contribution in [3.63, 3.8) is 0 Å². The van der Waals surface area contributed by atoms with E-state index in [1.54, 1.807) is 0 Å². The molecule has 0 aromatic rings. The maximum Gasteiger partial charge on any atom is 0.136 e. The lowest BCUT2D eigenvalue weighted by Gasteiger charge is -2.50. The van der Waals surface area contributed by atoms with Crippen molar-refractivity contribution in [1.29, 1.82) is 0 Å². The van der Waals surface area contributed by atoms with E-state index in [4.69, 9.17) is 0 Å². The lowest BCUT2D eigenvalue weighted by molar-refractivity contribution is -0.129. The van der Waals surface area contributed by atoms with Gasteiger partial charge in [-0.15, -0.1) is 0 Å². The zero-order valence-corrected chi connectivity index (χ0v) is 11.1. The van der Waals surface area contributed by atoms with Crippen molar-refractivity contribution in [2.75, 3.05) is 11.5 Å². The maximum atomic E-state index is 11.7. The van der Waals surface area contributed by atoms with Crippen LogP contribution in [-0.2, 0) is 15.6 Å². The van der Waals surface area contributed by atoms with Gasteiger partial charge in [0.05, 0.1) is 0 Å². The molecule has 3 aliphatic heterocycles. The summed E-state index contributed by atoms with van der Waals surface area (Å²) in [5, 5.41) is 0. The molecule has 0 aliphatic carbocycles. The average molecular weight is 255 g/mol. The molecule has 0 aromatic heterocycles. The van der Waals surface area contributed by atoms with Crippen molar-refractivity contribution in [2.45, 2.75) is 63.1 Å². The van der Waals surface area contributed by atoms with E-state index >= 15 is 0 Å². The van der Waals surface area contributed by atoms with Crippen LogP contribution in [0.3, 0.4) is 0 Å². The van der Waals surface area contributed by atoms with Crippen molar-refractivity contribution in [3.05, 3.63) is 0 Å². The summed E-state index contributed by atoms with van der Waals surface area (Å²) in [5.41, 5.74) is 0. The van der Waals surface area contributed by atoms with Crippen LogP contribution in [0.15, 0.2) is 0 Å². The number of hydrogen-bond acceptors (Lipinski definition) is 3. The number of carbonyl (C=O) groups excluding carboxylic acids is 1. The quantitative estimate of drug-likeness (QED) is 0.712. The monoisotopic (exact) mass is 255 g/mol. The summed E-state index contributed by atoms with van der Waals surface area (Å²) in [5.74, 6) is 2.21. The van der Waals surface area contributed by atoms with E-state index in [0.29, 0.717) is 23.9 Å². The normalized spacial score (nSPS) is 43.6. The molecular formula is C13H21NO2S. The lowest BCUT2D eigenvalue weighted by Crippen LogP contribution is -2.57. The first-order valence-corrected chi connectivity index (χ1v) is 8.37. The Morgan fingerprint density at radius 1 is 0.941 bits per heavy atom. The number of piperidine rings is 2. The fraction of sp³-hybridized carbons (Fsp3) is 0.923. The van der Waals surface area contributed by atoms with Gasteiger partial charge in [-0.1, -0.05) is 6.42 Å². The predicted molar refractivity (Wildman–Crippen MR) is 68.4 cm³/mol. The Morgan fingerprint density at radius 3 is 2.12 bits per heavy atom. The smallest absolute Gasteiger partial charge is 0.136 e. The summed E-state index contributed by atoms with van der Waals surface area (Å²) >= 11 is 0. The van der Waals surface area contributed by atoms with Crippen molar-refractivity contribution in [2.24, 2.45) is 0 Å². The second-order valence-electron chi connectivity index (χ2n) is 5.71. The molecule has 0 N–H and O–H groups in total. The topological polar surface area (TPSA) is 37.4 Å². The lowest BCUT2D eigenvalue weighted by atomic mass is 9.82. The highest BCUT2D eigenvalue weighted by Crippen LogP contribution is 2.36. The highest BCUT2D eigenvalue weighted by Gasteiger charge is 2.41. The first kappa shape index (κ1) is 11.8. The molecule has 3 aliphatic rings. The van der Waals surface area contributed by atoms with E-state index in [1.807, 2.05) is 0 Å². The molecule has 2 unspecified atom stereocenters. The molecule has 2 bridgehead atoms. The molecule has 3 saturated heterocycles. The molecule has 2 atom stereocenters. The molecule has 3 rings (SSSR count). The van der Waals surface area contributed by atoms with Gasteiger partial charge in [0.2, 0.25) is 0 Å². The third-order valence-electron chi connectivity index (χ3n) is 4.62. The molecule has 3 heterocycles. The highest BCUT2D eigenvalue weighted by molar-refractivity contribution is 7.85. The third-order valence-corrected chi connectivity index (χ3v) is 6.01. The van der Waals surface area contributed by atoms with Gasteiger partial charge in [-0.05, 0) is 25.7 Å². The number of rotatable bonds is 1. The Hall–Kier alpha value is -0.220. The van der Waals surface area contributed by atoms with Crippen LogP contribution in [0.4, 0.5) is 0 Å². The van der Waals surface area contributed by atoms with Crippen molar-refractivity contribution in [1.82, 2.24) is 4.90 Å². The standard InChI is InChI=1S/C13H21NO2S/c15-13-8-11-2-1-3-12(9-13)14(11)10-4-6-17(16)7-5-10/h10-12H,1-9H2. The Morgan fingerprint density at radius 2 is 1.53 bits per heavy atom. The van der Waals surface area contributed by atoms with Gasteiger partial charge in [0, 0.05) is 53.3 Å². The molecule has 3 fully saturated rings. The van der Waals surface area contributed by atoms with Crippen LogP contribution >= 0.6 is 0 Å². The van der Waals surface area contributed by atoms with E-state index in [-0.39, 0.29) is 0 Å². The van der Waals surface area contributed by atoms with Crippen molar-refractivity contribution < 1.29 is 9.00 Å². The zero-order chi connectivity index (χ0) is 11.8. The minimum absolute atomic E-state index is 0.468. The van der Waals surface area contributed by atoms with Gasteiger partial charge in [0.25, 0.3) is 0 Å². The molecule has 0 aromatic carbocycles. The number of ketones is 1. The van der Waals surface area contributed by atoms with Crippen LogP contribution in [0.25, 0.3) is 0 Å². The van der Waals surface area contributed by atoms with Gasteiger partial charge in [0.1, 0.15) is 5.78 Å². The van der Waals surface area contributed by atoms with Crippen LogP contribution in [0.2, 0.25) is 0 Å². The van der Waals surface area contributed by atoms with E-state index in [9.17, 15) is 9.00 Å². The molecule has 4 heteroatoms. The average Bonchev–Trinajstić information content (AvgIpc) is 2.29. The molecule has 17 heavy (non-hydrogen) atoms. The van der Waals surface area contributed by atoms with Crippen LogP contribution in [-0.4, -0.2) is 44.5 Å². The number of nitrogens with zero attached hydrogens (tertiary/aromatic N) is 1. The summed E-state index contributed by atoms with van der Waals surface area (Å²) in [7, 11) is -0.572. The number of hydrogen-bond donors (Lipinski definition) is 0. The maximum absolute atomic E-state index is 11.7. The molecule has 96 valence electrons. The Bertz CT molecular complexity index is 318. The fourth-order valence-electron chi connectivity index (χ4n) is 3.89. The summed E-state index contributed by atoms with van der Waals surface area (Å²) in [6.07, 6.45) is 7.38. The summed E-state index contributed by atoms with van der Waals surface area (Å²) < 4.78 is 11.4. The molecule has 0 radical (unpaired) electrons. The first-order valence-electron chi connectivity index (χ1n) is 6.88. The van der Waals surface area contributed by atoms with E-state index < -0.39 is 10.8 Å². The Labute approximate surface area is 105 Å². The molecular weight excluding hydrogens is 234 g/mol. The van der Waals surface area contributed by atoms with Gasteiger partial charge >= 0.3 is 0 Å². The van der Waals surface area contributed by atoms with Crippen LogP contribution in [0.1, 0.15) is 44.9 Å². The minimum atomic E-state index is -0.572. The fourth-order valence-corrected chi connectivity index (χ4v) is 5.16. The predicted octanol–water partition coefficient (Wildman–Crippen LogP) is 1.48. The SMILES string of the molecule is O=C1CC2CCCC(C1)N2C1CCS(=O)CC1. The molecule has 0 spiro atoms. The van der Waals surface area contributed by atoms with Gasteiger partial charge in [0.15, 0.2) is 0 Å². The van der Waals surface area contributed by atoms with Crippen LogP contribution in [0, 0.1) is 0 Å².